The maximum atomic E-state index is 13.0. The van der Waals surface area contributed by atoms with E-state index in [2.05, 4.69) is 29.5 Å². The molecule has 146 valence electrons. The summed E-state index contributed by atoms with van der Waals surface area (Å²) in [6, 6.07) is 11.4. The lowest BCUT2D eigenvalue weighted by Crippen LogP contribution is -2.09. The minimum absolute atomic E-state index is 0.00433. The minimum Gasteiger partial charge on any atom is -0.496 e. The molecule has 1 heterocycles. The minimum atomic E-state index is 0.00433. The van der Waals surface area contributed by atoms with Gasteiger partial charge >= 0.3 is 0 Å². The maximum absolute atomic E-state index is 13.0. The van der Waals surface area contributed by atoms with Gasteiger partial charge < -0.3 is 13.9 Å². The molecule has 0 unspecified atom stereocenters. The fourth-order valence-corrected chi connectivity index (χ4v) is 4.11. The van der Waals surface area contributed by atoms with Crippen molar-refractivity contribution in [3.63, 3.8) is 0 Å². The summed E-state index contributed by atoms with van der Waals surface area (Å²) in [5, 5.41) is 0.621. The third-order valence-electron chi connectivity index (χ3n) is 5.09. The van der Waals surface area contributed by atoms with Crippen LogP contribution in [0.15, 0.2) is 45.6 Å². The Kier molecular flexibility index (Phi) is 5.62. The molecule has 1 aliphatic rings. The second-order valence-electron chi connectivity index (χ2n) is 7.13. The van der Waals surface area contributed by atoms with Crippen LogP contribution >= 0.6 is 22.6 Å². The van der Waals surface area contributed by atoms with Crippen molar-refractivity contribution in [2.45, 2.75) is 38.5 Å². The molecule has 0 N–H and O–H groups in total. The molecule has 1 aromatic heterocycles. The summed E-state index contributed by atoms with van der Waals surface area (Å²) >= 11 is 2.09. The van der Waals surface area contributed by atoms with E-state index in [0.29, 0.717) is 32.8 Å². The third-order valence-corrected chi connectivity index (χ3v) is 6.07. The van der Waals surface area contributed by atoms with Gasteiger partial charge in [0.15, 0.2) is 5.76 Å². The Hall–Kier alpha value is -2.02. The molecule has 28 heavy (non-hydrogen) atoms. The van der Waals surface area contributed by atoms with Crippen molar-refractivity contribution < 1.29 is 13.9 Å². The predicted octanol–water partition coefficient (Wildman–Crippen LogP) is 6.13. The Labute approximate surface area is 178 Å². The number of halogens is 1. The molecule has 0 aliphatic heterocycles. The zero-order valence-electron chi connectivity index (χ0n) is 16.1. The number of benzene rings is 2. The first kappa shape index (κ1) is 19.3. The quantitative estimate of drug-likeness (QED) is 0.295. The summed E-state index contributed by atoms with van der Waals surface area (Å²) in [5.41, 5.74) is 2.56. The largest absolute Gasteiger partial charge is 0.496 e. The van der Waals surface area contributed by atoms with Gasteiger partial charge in [0, 0.05) is 11.1 Å². The van der Waals surface area contributed by atoms with Gasteiger partial charge in [0.05, 0.1) is 19.1 Å². The van der Waals surface area contributed by atoms with E-state index in [9.17, 15) is 4.79 Å². The first-order valence-corrected chi connectivity index (χ1v) is 10.8. The number of fused-ring (bicyclic) bond motifs is 1. The summed E-state index contributed by atoms with van der Waals surface area (Å²) in [6.07, 6.45) is 4.34. The highest BCUT2D eigenvalue weighted by atomic mass is 127. The number of ether oxygens (including phenoxy) is 2. The zero-order chi connectivity index (χ0) is 19.7. The van der Waals surface area contributed by atoms with Gasteiger partial charge in [-0.1, -0.05) is 13.3 Å². The van der Waals surface area contributed by atoms with E-state index in [1.54, 1.807) is 7.11 Å². The average Bonchev–Trinajstić information content (AvgIpc) is 3.55. The predicted molar refractivity (Wildman–Crippen MR) is 120 cm³/mol. The van der Waals surface area contributed by atoms with Crippen molar-refractivity contribution in [3.8, 4) is 22.8 Å². The topological polar surface area (TPSA) is 48.7 Å². The van der Waals surface area contributed by atoms with Gasteiger partial charge in [0.25, 0.3) is 0 Å². The Balaban J connectivity index is 1.80. The highest BCUT2D eigenvalue weighted by molar-refractivity contribution is 14.1. The fraction of sp³-hybridized carbons (Fsp3) is 0.348. The highest BCUT2D eigenvalue weighted by Crippen LogP contribution is 2.47. The summed E-state index contributed by atoms with van der Waals surface area (Å²) in [6.45, 7) is 2.85. The summed E-state index contributed by atoms with van der Waals surface area (Å²) < 4.78 is 18.2. The molecule has 5 heteroatoms. The van der Waals surface area contributed by atoms with E-state index in [0.717, 1.165) is 48.3 Å². The molecule has 4 rings (SSSR count). The summed E-state index contributed by atoms with van der Waals surface area (Å²) in [7, 11) is 1.66. The van der Waals surface area contributed by atoms with Crippen molar-refractivity contribution in [2.75, 3.05) is 13.7 Å². The Bertz CT molecular complexity index is 1050. The van der Waals surface area contributed by atoms with Crippen LogP contribution in [0, 0.1) is 3.57 Å². The monoisotopic (exact) mass is 490 g/mol. The van der Waals surface area contributed by atoms with Crippen LogP contribution < -0.4 is 14.9 Å². The highest BCUT2D eigenvalue weighted by Gasteiger charge is 2.31. The number of hydrogen-bond donors (Lipinski definition) is 0. The van der Waals surface area contributed by atoms with Gasteiger partial charge in [-0.05, 0) is 84.2 Å². The Morgan fingerprint density at radius 3 is 2.54 bits per heavy atom. The van der Waals surface area contributed by atoms with E-state index in [1.165, 1.54) is 0 Å². The number of hydrogen-bond acceptors (Lipinski definition) is 4. The molecule has 1 fully saturated rings. The van der Waals surface area contributed by atoms with E-state index >= 15 is 0 Å². The molecule has 2 aromatic carbocycles. The molecule has 4 nitrogen and oxygen atoms in total. The van der Waals surface area contributed by atoms with Crippen LogP contribution in [0.5, 0.6) is 11.5 Å². The average molecular weight is 490 g/mol. The zero-order valence-corrected chi connectivity index (χ0v) is 18.2. The van der Waals surface area contributed by atoms with Crippen molar-refractivity contribution in [2.24, 2.45) is 0 Å². The van der Waals surface area contributed by atoms with Crippen LogP contribution in [0.1, 0.15) is 44.1 Å². The van der Waals surface area contributed by atoms with Crippen LogP contribution in [0.25, 0.3) is 22.3 Å². The standard InChI is InChI=1S/C23H23IO4/c1-3-4-13-27-16-9-7-15(8-10-16)22-20(24)21(25)17-11-12-18(26-2)19(14-5-6-14)23(17)28-22/h7-12,14H,3-6,13H2,1-2H3. The first-order valence-electron chi connectivity index (χ1n) is 9.70. The second-order valence-corrected chi connectivity index (χ2v) is 8.21. The molecule has 1 aliphatic carbocycles. The normalized spacial score (nSPS) is 13.7. The molecular weight excluding hydrogens is 467 g/mol. The smallest absolute Gasteiger partial charge is 0.206 e. The molecular formula is C23H23IO4. The van der Waals surface area contributed by atoms with E-state index in [-0.39, 0.29) is 5.43 Å². The van der Waals surface area contributed by atoms with Crippen LogP contribution in [0.4, 0.5) is 0 Å². The van der Waals surface area contributed by atoms with Gasteiger partial charge in [-0.15, -0.1) is 0 Å². The van der Waals surface area contributed by atoms with Gasteiger partial charge in [0.1, 0.15) is 20.7 Å². The second kappa shape index (κ2) is 8.15. The van der Waals surface area contributed by atoms with Gasteiger partial charge in [-0.25, -0.2) is 0 Å². The van der Waals surface area contributed by atoms with E-state index in [1.807, 2.05) is 36.4 Å². The van der Waals surface area contributed by atoms with Crippen molar-refractivity contribution >= 4 is 33.6 Å². The van der Waals surface area contributed by atoms with Crippen molar-refractivity contribution in [1.29, 1.82) is 0 Å². The molecule has 0 saturated heterocycles. The van der Waals surface area contributed by atoms with Gasteiger partial charge in [0.2, 0.25) is 5.43 Å². The Morgan fingerprint density at radius 2 is 1.89 bits per heavy atom. The van der Waals surface area contributed by atoms with Crippen LogP contribution in [-0.4, -0.2) is 13.7 Å². The lowest BCUT2D eigenvalue weighted by Gasteiger charge is -2.13. The molecule has 0 radical (unpaired) electrons. The van der Waals surface area contributed by atoms with Gasteiger partial charge in [-0.3, -0.25) is 4.79 Å². The van der Waals surface area contributed by atoms with Crippen molar-refractivity contribution in [3.05, 3.63) is 55.8 Å². The number of rotatable bonds is 7. The number of unbranched alkanes of at least 4 members (excludes halogenated alkanes) is 1. The third kappa shape index (κ3) is 3.64. The summed E-state index contributed by atoms with van der Waals surface area (Å²) in [5.74, 6) is 2.64. The molecule has 1 saturated carbocycles. The molecule has 0 amide bonds. The summed E-state index contributed by atoms with van der Waals surface area (Å²) in [4.78, 5) is 13.0. The number of methoxy groups -OCH3 is 1. The lowest BCUT2D eigenvalue weighted by molar-refractivity contribution is 0.309. The fourth-order valence-electron chi connectivity index (χ4n) is 3.40. The van der Waals surface area contributed by atoms with E-state index in [4.69, 9.17) is 13.9 Å². The van der Waals surface area contributed by atoms with E-state index < -0.39 is 0 Å². The van der Waals surface area contributed by atoms with Crippen LogP contribution in [0.3, 0.4) is 0 Å². The maximum Gasteiger partial charge on any atom is 0.206 e. The molecule has 0 bridgehead atoms. The first-order chi connectivity index (χ1) is 13.6. The lowest BCUT2D eigenvalue weighted by atomic mass is 10.0. The molecule has 0 spiro atoms. The van der Waals surface area contributed by atoms with Gasteiger partial charge in [-0.2, -0.15) is 0 Å². The Morgan fingerprint density at radius 1 is 1.14 bits per heavy atom. The van der Waals surface area contributed by atoms with Crippen LogP contribution in [-0.2, 0) is 0 Å². The van der Waals surface area contributed by atoms with Crippen molar-refractivity contribution in [1.82, 2.24) is 0 Å². The SMILES string of the molecule is CCCCOc1ccc(-c2oc3c(C4CC4)c(OC)ccc3c(=O)c2I)cc1. The molecule has 0 atom stereocenters. The molecule has 3 aromatic rings. The van der Waals surface area contributed by atoms with Crippen LogP contribution in [0.2, 0.25) is 0 Å².